The summed E-state index contributed by atoms with van der Waals surface area (Å²) in [6.07, 6.45) is 4.82. The van der Waals surface area contributed by atoms with Crippen LogP contribution in [0.5, 0.6) is 0 Å². The minimum atomic E-state index is -0.568. The van der Waals surface area contributed by atoms with Gasteiger partial charge in [0.25, 0.3) is 0 Å². The summed E-state index contributed by atoms with van der Waals surface area (Å²) in [5.41, 5.74) is 2.18. The zero-order valence-corrected chi connectivity index (χ0v) is 18.0. The summed E-state index contributed by atoms with van der Waals surface area (Å²) in [5.74, 6) is 0.899. The van der Waals surface area contributed by atoms with E-state index in [1.807, 2.05) is 13.0 Å². The smallest absolute Gasteiger partial charge is 0.315 e. The van der Waals surface area contributed by atoms with Gasteiger partial charge in [0.1, 0.15) is 18.0 Å². The van der Waals surface area contributed by atoms with E-state index >= 15 is 0 Å². The summed E-state index contributed by atoms with van der Waals surface area (Å²) in [4.78, 5) is 25.0. The number of aryl methyl sites for hydroxylation is 2. The number of amides is 2. The van der Waals surface area contributed by atoms with Crippen molar-refractivity contribution < 1.29 is 9.18 Å². The predicted octanol–water partition coefficient (Wildman–Crippen LogP) is 2.65. The molecule has 1 aromatic carbocycles. The van der Waals surface area contributed by atoms with Gasteiger partial charge in [0.05, 0.1) is 35.7 Å². The van der Waals surface area contributed by atoms with Gasteiger partial charge < -0.3 is 10.6 Å². The highest BCUT2D eigenvalue weighted by Crippen LogP contribution is 2.19. The van der Waals surface area contributed by atoms with Gasteiger partial charge in [-0.05, 0) is 37.6 Å². The molecule has 0 atom stereocenters. The Labute approximate surface area is 187 Å². The molecule has 10 nitrogen and oxygen atoms in total. The van der Waals surface area contributed by atoms with Gasteiger partial charge in [-0.3, -0.25) is 4.98 Å². The van der Waals surface area contributed by atoms with Crippen LogP contribution < -0.4 is 10.6 Å². The standard InChI is InChI=1S/C20H19ClFN9O/c1-12-5-15(8-23-7-12)30-18(26-11-27-30)9-24-20(32)25-10-19-28-13(2)29-31(19)14-3-4-16(21)17(22)6-14/h3-8,11H,9-10H2,1-2H3,(H2,24,25,32). The maximum atomic E-state index is 13.8. The summed E-state index contributed by atoms with van der Waals surface area (Å²) in [5, 5.41) is 13.9. The fourth-order valence-corrected chi connectivity index (χ4v) is 3.15. The van der Waals surface area contributed by atoms with Crippen LogP contribution in [0.25, 0.3) is 11.4 Å². The Kier molecular flexibility index (Phi) is 6.08. The maximum absolute atomic E-state index is 13.8. The number of halogens is 2. The largest absolute Gasteiger partial charge is 0.331 e. The van der Waals surface area contributed by atoms with Crippen molar-refractivity contribution in [1.29, 1.82) is 0 Å². The number of pyridine rings is 1. The van der Waals surface area contributed by atoms with E-state index in [1.54, 1.807) is 30.1 Å². The van der Waals surface area contributed by atoms with E-state index in [1.165, 1.54) is 23.1 Å². The quantitative estimate of drug-likeness (QED) is 0.462. The molecule has 12 heteroatoms. The SMILES string of the molecule is Cc1cncc(-n2ncnc2CNC(=O)NCc2nc(C)nn2-c2ccc(Cl)c(F)c2)c1. The molecule has 32 heavy (non-hydrogen) atoms. The number of hydrogen-bond donors (Lipinski definition) is 2. The number of carbonyl (C=O) groups is 1. The number of benzene rings is 1. The Morgan fingerprint density at radius 2 is 1.84 bits per heavy atom. The molecule has 2 amide bonds. The fraction of sp³-hybridized carbons (Fsp3) is 0.200. The number of nitrogens with zero attached hydrogens (tertiary/aromatic N) is 7. The normalized spacial score (nSPS) is 10.9. The number of hydrogen-bond acceptors (Lipinski definition) is 6. The Hall–Kier alpha value is -3.86. The lowest BCUT2D eigenvalue weighted by atomic mass is 10.3. The highest BCUT2D eigenvalue weighted by atomic mass is 35.5. The highest BCUT2D eigenvalue weighted by molar-refractivity contribution is 6.30. The van der Waals surface area contributed by atoms with E-state index in [2.05, 4.69) is 35.8 Å². The van der Waals surface area contributed by atoms with Crippen molar-refractivity contribution in [2.24, 2.45) is 0 Å². The third kappa shape index (κ3) is 4.72. The fourth-order valence-electron chi connectivity index (χ4n) is 3.03. The first kappa shape index (κ1) is 21.4. The Bertz CT molecular complexity index is 1270. The zero-order chi connectivity index (χ0) is 22.7. The molecule has 0 spiro atoms. The summed E-state index contributed by atoms with van der Waals surface area (Å²) in [6.45, 7) is 3.86. The average Bonchev–Trinajstić information content (AvgIpc) is 3.39. The van der Waals surface area contributed by atoms with Crippen LogP contribution in [0.2, 0.25) is 5.02 Å². The molecule has 0 aliphatic heterocycles. The molecule has 164 valence electrons. The number of rotatable bonds is 6. The topological polar surface area (TPSA) is 115 Å². The lowest BCUT2D eigenvalue weighted by Crippen LogP contribution is -2.36. The number of aromatic nitrogens is 7. The van der Waals surface area contributed by atoms with Gasteiger partial charge in [-0.2, -0.15) is 10.2 Å². The third-order valence-corrected chi connectivity index (χ3v) is 4.77. The van der Waals surface area contributed by atoms with Crippen molar-refractivity contribution >= 4 is 17.6 Å². The van der Waals surface area contributed by atoms with E-state index in [0.717, 1.165) is 11.3 Å². The molecule has 3 heterocycles. The van der Waals surface area contributed by atoms with Crippen LogP contribution in [0.15, 0.2) is 43.0 Å². The summed E-state index contributed by atoms with van der Waals surface area (Å²) in [7, 11) is 0. The minimum Gasteiger partial charge on any atom is -0.331 e. The summed E-state index contributed by atoms with van der Waals surface area (Å²) < 4.78 is 16.9. The molecular formula is C20H19ClFN9O. The molecule has 4 rings (SSSR count). The van der Waals surface area contributed by atoms with E-state index in [0.29, 0.717) is 23.2 Å². The molecule has 0 unspecified atom stereocenters. The number of nitrogens with one attached hydrogen (secondary N) is 2. The van der Waals surface area contributed by atoms with Crippen LogP contribution >= 0.6 is 11.6 Å². The molecule has 0 aliphatic rings. The van der Waals surface area contributed by atoms with E-state index < -0.39 is 11.8 Å². The summed E-state index contributed by atoms with van der Waals surface area (Å²) >= 11 is 5.75. The first-order valence-corrected chi connectivity index (χ1v) is 9.99. The molecule has 0 bridgehead atoms. The molecular weight excluding hydrogens is 437 g/mol. The molecule has 0 saturated heterocycles. The molecule has 0 fully saturated rings. The van der Waals surface area contributed by atoms with Gasteiger partial charge in [0.2, 0.25) is 0 Å². The second-order valence-corrected chi connectivity index (χ2v) is 7.34. The molecule has 0 saturated carbocycles. The lowest BCUT2D eigenvalue weighted by Gasteiger charge is -2.10. The number of urea groups is 1. The van der Waals surface area contributed by atoms with E-state index in [-0.39, 0.29) is 18.1 Å². The molecule has 2 N–H and O–H groups in total. The minimum absolute atomic E-state index is 0.0129. The van der Waals surface area contributed by atoms with Crippen molar-refractivity contribution in [1.82, 2.24) is 45.1 Å². The van der Waals surface area contributed by atoms with Gasteiger partial charge >= 0.3 is 6.03 Å². The first-order chi connectivity index (χ1) is 15.4. The van der Waals surface area contributed by atoms with Gasteiger partial charge in [0, 0.05) is 12.3 Å². The van der Waals surface area contributed by atoms with Crippen LogP contribution in [0.4, 0.5) is 9.18 Å². The monoisotopic (exact) mass is 455 g/mol. The van der Waals surface area contributed by atoms with Crippen LogP contribution in [0.1, 0.15) is 23.0 Å². The third-order valence-electron chi connectivity index (χ3n) is 4.47. The lowest BCUT2D eigenvalue weighted by molar-refractivity contribution is 0.239. The Balaban J connectivity index is 1.40. The van der Waals surface area contributed by atoms with Crippen molar-refractivity contribution in [3.8, 4) is 11.4 Å². The second kappa shape index (κ2) is 9.10. The molecule has 0 radical (unpaired) electrons. The summed E-state index contributed by atoms with van der Waals surface area (Å²) in [6, 6.07) is 5.80. The van der Waals surface area contributed by atoms with Crippen molar-refractivity contribution in [2.45, 2.75) is 26.9 Å². The zero-order valence-electron chi connectivity index (χ0n) is 17.3. The average molecular weight is 456 g/mol. The Morgan fingerprint density at radius 1 is 1.06 bits per heavy atom. The van der Waals surface area contributed by atoms with Gasteiger partial charge in [-0.1, -0.05) is 11.6 Å². The number of carbonyl (C=O) groups excluding carboxylic acids is 1. The van der Waals surface area contributed by atoms with Gasteiger partial charge in [-0.15, -0.1) is 0 Å². The highest BCUT2D eigenvalue weighted by Gasteiger charge is 2.13. The van der Waals surface area contributed by atoms with Crippen molar-refractivity contribution in [3.05, 3.63) is 76.9 Å². The molecule has 3 aromatic heterocycles. The molecule has 0 aliphatic carbocycles. The molecule has 4 aromatic rings. The van der Waals surface area contributed by atoms with Crippen molar-refractivity contribution in [3.63, 3.8) is 0 Å². The van der Waals surface area contributed by atoms with Crippen LogP contribution in [0, 0.1) is 19.7 Å². The van der Waals surface area contributed by atoms with Crippen molar-refractivity contribution in [2.75, 3.05) is 0 Å². The van der Waals surface area contributed by atoms with Crippen LogP contribution in [0.3, 0.4) is 0 Å². The Morgan fingerprint density at radius 3 is 2.59 bits per heavy atom. The maximum Gasteiger partial charge on any atom is 0.315 e. The predicted molar refractivity (Wildman–Crippen MR) is 114 cm³/mol. The first-order valence-electron chi connectivity index (χ1n) is 9.61. The van der Waals surface area contributed by atoms with Gasteiger partial charge in [-0.25, -0.2) is 28.5 Å². The second-order valence-electron chi connectivity index (χ2n) is 6.93. The van der Waals surface area contributed by atoms with Crippen LogP contribution in [-0.2, 0) is 13.1 Å². The van der Waals surface area contributed by atoms with E-state index in [9.17, 15) is 9.18 Å². The van der Waals surface area contributed by atoms with Gasteiger partial charge in [0.15, 0.2) is 11.6 Å². The van der Waals surface area contributed by atoms with E-state index in [4.69, 9.17) is 11.6 Å². The van der Waals surface area contributed by atoms with Crippen LogP contribution in [-0.4, -0.2) is 40.5 Å².